The third-order valence-electron chi connectivity index (χ3n) is 5.35. The van der Waals surface area contributed by atoms with Crippen LogP contribution in [-0.4, -0.2) is 44.4 Å². The first-order chi connectivity index (χ1) is 14.6. The van der Waals surface area contributed by atoms with E-state index in [1.165, 1.54) is 23.5 Å². The van der Waals surface area contributed by atoms with Crippen LogP contribution in [0.5, 0.6) is 11.5 Å². The lowest BCUT2D eigenvalue weighted by molar-refractivity contribution is 0.0816. The van der Waals surface area contributed by atoms with Crippen molar-refractivity contribution in [1.82, 2.24) is 19.8 Å². The maximum Gasteiger partial charge on any atom is 0.284 e. The first-order valence-electron chi connectivity index (χ1n) is 9.39. The van der Waals surface area contributed by atoms with Gasteiger partial charge in [-0.25, -0.2) is 9.37 Å². The summed E-state index contributed by atoms with van der Waals surface area (Å²) in [5.74, 6) is 0.774. The Balaban J connectivity index is 1.38. The first-order valence-corrected chi connectivity index (χ1v) is 10.2. The van der Waals surface area contributed by atoms with Gasteiger partial charge in [0.15, 0.2) is 11.2 Å². The molecule has 0 aliphatic carbocycles. The van der Waals surface area contributed by atoms with Gasteiger partial charge in [0.05, 0.1) is 16.5 Å². The highest BCUT2D eigenvalue weighted by Crippen LogP contribution is 2.45. The van der Waals surface area contributed by atoms with Gasteiger partial charge in [-0.2, -0.15) is 5.26 Å². The second kappa shape index (κ2) is 7.07. The number of amides is 1. The summed E-state index contributed by atoms with van der Waals surface area (Å²) >= 11 is 1.25. The van der Waals surface area contributed by atoms with Crippen LogP contribution in [0, 0.1) is 23.2 Å². The van der Waals surface area contributed by atoms with E-state index in [9.17, 15) is 14.4 Å². The van der Waals surface area contributed by atoms with Crippen LogP contribution < -0.4 is 4.74 Å². The number of likely N-dealkylation sites (tertiary alicyclic amines) is 1. The quantitative estimate of drug-likeness (QED) is 0.472. The fraction of sp³-hybridized carbons (Fsp3) is 0.238. The van der Waals surface area contributed by atoms with E-state index in [2.05, 4.69) is 16.2 Å². The molecular weight excluding hydrogens is 405 g/mol. The normalized spacial score (nSPS) is 21.8. The lowest BCUT2D eigenvalue weighted by atomic mass is 10.1. The summed E-state index contributed by atoms with van der Waals surface area (Å²) < 4.78 is 19.0. The highest BCUT2D eigenvalue weighted by Gasteiger charge is 2.62. The molecule has 0 saturated carbocycles. The lowest BCUT2D eigenvalue weighted by Crippen LogP contribution is -2.30. The summed E-state index contributed by atoms with van der Waals surface area (Å²) in [6.07, 6.45) is 6.88. The van der Waals surface area contributed by atoms with Crippen LogP contribution in [0.25, 0.3) is 10.4 Å². The van der Waals surface area contributed by atoms with Crippen molar-refractivity contribution in [3.05, 3.63) is 59.7 Å². The van der Waals surface area contributed by atoms with Crippen molar-refractivity contribution in [2.24, 2.45) is 5.92 Å². The summed E-state index contributed by atoms with van der Waals surface area (Å²) in [6, 6.07) is 7.52. The fourth-order valence-corrected chi connectivity index (χ4v) is 4.79. The molecule has 9 heteroatoms. The maximum absolute atomic E-state index is 13.1. The Morgan fingerprint density at radius 3 is 2.87 bits per heavy atom. The standard InChI is InChI=1S/C21H16FN5O2S/c1-12-10-26(11-23)20-18(12)27(20)21(28)19-25-9-17(30-19)15-8-24-7-6-16(15)29-14-4-2-13(22)3-5-14/h2-9,12,18,20H,10H2,1H3/t12?,18-,20?,27?/m1/s1. The molecule has 150 valence electrons. The number of nitriles is 1. The summed E-state index contributed by atoms with van der Waals surface area (Å²) in [6.45, 7) is 2.72. The molecule has 0 spiro atoms. The number of hydrogen-bond acceptors (Lipinski definition) is 7. The Morgan fingerprint density at radius 2 is 2.10 bits per heavy atom. The second-order valence-electron chi connectivity index (χ2n) is 7.30. The van der Waals surface area contributed by atoms with E-state index in [0.717, 1.165) is 4.88 Å². The summed E-state index contributed by atoms with van der Waals surface area (Å²) in [7, 11) is 0. The first kappa shape index (κ1) is 18.5. The Labute approximate surface area is 176 Å². The summed E-state index contributed by atoms with van der Waals surface area (Å²) in [5.41, 5.74) is 0.691. The molecule has 2 fully saturated rings. The molecule has 0 radical (unpaired) electrons. The van der Waals surface area contributed by atoms with Gasteiger partial charge < -0.3 is 9.64 Å². The SMILES string of the molecule is CC1CN(C#N)C2[C@@H]1N2C(=O)c1ncc(-c2cnccc2Oc2ccc(F)cc2)s1. The van der Waals surface area contributed by atoms with Gasteiger partial charge in [-0.1, -0.05) is 6.92 Å². The number of fused-ring (bicyclic) bond motifs is 1. The van der Waals surface area contributed by atoms with Gasteiger partial charge in [0, 0.05) is 25.1 Å². The number of hydrogen-bond donors (Lipinski definition) is 0. The van der Waals surface area contributed by atoms with Crippen molar-refractivity contribution >= 4 is 17.2 Å². The zero-order chi connectivity index (χ0) is 20.8. The molecule has 3 aromatic rings. The molecule has 3 atom stereocenters. The Hall–Kier alpha value is -3.51. The molecule has 2 unspecified atom stereocenters. The molecule has 2 aromatic heterocycles. The largest absolute Gasteiger partial charge is 0.457 e. The molecule has 2 aliphatic heterocycles. The number of nitrogens with zero attached hydrogens (tertiary/aromatic N) is 5. The Bertz CT molecular complexity index is 1160. The van der Waals surface area contributed by atoms with Gasteiger partial charge >= 0.3 is 0 Å². The molecule has 7 nitrogen and oxygen atoms in total. The molecular formula is C21H16FN5O2S. The number of carbonyl (C=O) groups is 1. The van der Waals surface area contributed by atoms with Crippen LogP contribution >= 0.6 is 11.3 Å². The third-order valence-corrected chi connectivity index (χ3v) is 6.37. The number of pyridine rings is 1. The number of thiazole rings is 1. The molecule has 0 N–H and O–H groups in total. The van der Waals surface area contributed by atoms with Gasteiger partial charge in [0.2, 0.25) is 0 Å². The van der Waals surface area contributed by atoms with Crippen LogP contribution in [0.2, 0.25) is 0 Å². The molecule has 1 aromatic carbocycles. The van der Waals surface area contributed by atoms with E-state index in [1.807, 2.05) is 6.92 Å². The van der Waals surface area contributed by atoms with E-state index in [4.69, 9.17) is 4.74 Å². The van der Waals surface area contributed by atoms with Crippen LogP contribution in [0.15, 0.2) is 48.9 Å². The van der Waals surface area contributed by atoms with Crippen molar-refractivity contribution < 1.29 is 13.9 Å². The topological polar surface area (TPSA) is 82.1 Å². The molecule has 30 heavy (non-hydrogen) atoms. The molecule has 2 aliphatic rings. The minimum atomic E-state index is -0.341. The minimum absolute atomic E-state index is 0.0697. The number of benzene rings is 1. The predicted octanol–water partition coefficient (Wildman–Crippen LogP) is 3.72. The zero-order valence-electron chi connectivity index (χ0n) is 15.9. The fourth-order valence-electron chi connectivity index (χ4n) is 3.91. The molecule has 4 heterocycles. The van der Waals surface area contributed by atoms with Gasteiger partial charge in [0.1, 0.15) is 23.5 Å². The van der Waals surface area contributed by atoms with Crippen LogP contribution in [0.1, 0.15) is 16.7 Å². The second-order valence-corrected chi connectivity index (χ2v) is 8.33. The molecule has 1 amide bonds. The average Bonchev–Trinajstić information content (AvgIpc) is 3.13. The number of carbonyl (C=O) groups excluding carboxylic acids is 1. The summed E-state index contributed by atoms with van der Waals surface area (Å²) in [5, 5.41) is 9.62. The van der Waals surface area contributed by atoms with Gasteiger partial charge in [-0.05, 0) is 36.2 Å². The van der Waals surface area contributed by atoms with Crippen LogP contribution in [-0.2, 0) is 0 Å². The van der Waals surface area contributed by atoms with Gasteiger partial charge in [-0.15, -0.1) is 11.3 Å². The van der Waals surface area contributed by atoms with Crippen molar-refractivity contribution in [3.8, 4) is 28.1 Å². The third kappa shape index (κ3) is 3.06. The minimum Gasteiger partial charge on any atom is -0.457 e. The monoisotopic (exact) mass is 421 g/mol. The maximum atomic E-state index is 13.1. The van der Waals surface area contributed by atoms with E-state index in [0.29, 0.717) is 28.6 Å². The highest BCUT2D eigenvalue weighted by molar-refractivity contribution is 7.17. The van der Waals surface area contributed by atoms with Crippen LogP contribution in [0.4, 0.5) is 4.39 Å². The van der Waals surface area contributed by atoms with Crippen molar-refractivity contribution in [2.75, 3.05) is 6.54 Å². The number of rotatable bonds is 4. The van der Waals surface area contributed by atoms with Crippen molar-refractivity contribution in [3.63, 3.8) is 0 Å². The molecule has 0 bridgehead atoms. The van der Waals surface area contributed by atoms with Crippen molar-refractivity contribution in [1.29, 1.82) is 5.26 Å². The zero-order valence-corrected chi connectivity index (χ0v) is 16.7. The van der Waals surface area contributed by atoms with E-state index in [1.54, 1.807) is 46.6 Å². The van der Waals surface area contributed by atoms with Crippen LogP contribution in [0.3, 0.4) is 0 Å². The van der Waals surface area contributed by atoms with Gasteiger partial charge in [0.25, 0.3) is 5.91 Å². The predicted molar refractivity (Wildman–Crippen MR) is 107 cm³/mol. The Morgan fingerprint density at radius 1 is 1.30 bits per heavy atom. The number of ether oxygens (including phenoxy) is 1. The number of halogens is 1. The van der Waals surface area contributed by atoms with E-state index < -0.39 is 0 Å². The van der Waals surface area contributed by atoms with E-state index in [-0.39, 0.29) is 29.8 Å². The molecule has 2 saturated heterocycles. The Kier molecular flexibility index (Phi) is 4.37. The van der Waals surface area contributed by atoms with Crippen molar-refractivity contribution in [2.45, 2.75) is 19.1 Å². The van der Waals surface area contributed by atoms with E-state index >= 15 is 0 Å². The van der Waals surface area contributed by atoms with Gasteiger partial charge in [-0.3, -0.25) is 14.7 Å². The smallest absolute Gasteiger partial charge is 0.284 e. The summed E-state index contributed by atoms with van der Waals surface area (Å²) in [4.78, 5) is 25.5. The lowest BCUT2D eigenvalue weighted by Gasteiger charge is -2.16. The highest BCUT2D eigenvalue weighted by atomic mass is 32.1. The number of aromatic nitrogens is 2. The molecule has 5 rings (SSSR count). The average molecular weight is 421 g/mol.